The molecule has 9 heteroatoms. The molecule has 0 amide bonds. The highest BCUT2D eigenvalue weighted by Crippen LogP contribution is 1.92. The van der Waals surface area contributed by atoms with Gasteiger partial charge >= 0.3 is 17.1 Å². The van der Waals surface area contributed by atoms with Crippen LogP contribution < -0.4 is 34.3 Å². The summed E-state index contributed by atoms with van der Waals surface area (Å²) in [5.74, 6) is 0. The highest BCUT2D eigenvalue weighted by Gasteiger charge is 2.20. The van der Waals surface area contributed by atoms with Crippen molar-refractivity contribution in [1.29, 1.82) is 0 Å². The van der Waals surface area contributed by atoms with Crippen LogP contribution in [0, 0.1) is 0 Å². The number of rotatable bonds is 3. The summed E-state index contributed by atoms with van der Waals surface area (Å²) in [6.07, 6.45) is -2.67. The number of aromatic nitrogens is 3. The molecule has 0 aliphatic rings. The molecular formula is C9H18N6O3. The van der Waals surface area contributed by atoms with Crippen molar-refractivity contribution in [3.05, 3.63) is 31.5 Å². The van der Waals surface area contributed by atoms with E-state index in [9.17, 15) is 14.4 Å². The molecule has 0 saturated heterocycles. The van der Waals surface area contributed by atoms with Gasteiger partial charge in [0.05, 0.1) is 18.5 Å². The fraction of sp³-hybridized carbons (Fsp3) is 0.667. The van der Waals surface area contributed by atoms with Crippen molar-refractivity contribution in [3.8, 4) is 0 Å². The summed E-state index contributed by atoms with van der Waals surface area (Å²) in [5.41, 5.74) is 14.1. The maximum atomic E-state index is 12.0. The molecule has 0 spiro atoms. The van der Waals surface area contributed by atoms with Gasteiger partial charge in [-0.1, -0.05) is 0 Å². The van der Waals surface area contributed by atoms with Crippen LogP contribution in [0.15, 0.2) is 14.4 Å². The Balaban J connectivity index is 3.96. The van der Waals surface area contributed by atoms with Crippen molar-refractivity contribution in [2.24, 2.45) is 17.2 Å². The molecule has 0 fully saturated rings. The summed E-state index contributed by atoms with van der Waals surface area (Å²) in [6.45, 7) is 4.35. The molecule has 9 nitrogen and oxygen atoms in total. The SMILES string of the molecule is CC(N)n1c(=O)n(C(C)N)c(=O)n(C(C)N)c1=O. The average Bonchev–Trinajstić information content (AvgIpc) is 2.14. The lowest BCUT2D eigenvalue weighted by Gasteiger charge is -2.19. The van der Waals surface area contributed by atoms with E-state index < -0.39 is 35.6 Å². The molecule has 102 valence electrons. The van der Waals surface area contributed by atoms with E-state index in [-0.39, 0.29) is 0 Å². The van der Waals surface area contributed by atoms with Crippen LogP contribution in [0.5, 0.6) is 0 Å². The zero-order chi connectivity index (χ0) is 14.2. The second-order valence-corrected chi connectivity index (χ2v) is 4.18. The van der Waals surface area contributed by atoms with Gasteiger partial charge in [0, 0.05) is 0 Å². The molecule has 0 radical (unpaired) electrons. The highest BCUT2D eigenvalue weighted by molar-refractivity contribution is 4.83. The molecule has 0 aromatic carbocycles. The molecule has 6 N–H and O–H groups in total. The van der Waals surface area contributed by atoms with Crippen molar-refractivity contribution in [2.45, 2.75) is 39.3 Å². The predicted octanol–water partition coefficient (Wildman–Crippen LogP) is -2.40. The minimum atomic E-state index is -0.888. The molecule has 3 atom stereocenters. The summed E-state index contributed by atoms with van der Waals surface area (Å²) >= 11 is 0. The van der Waals surface area contributed by atoms with Gasteiger partial charge in [-0.3, -0.25) is 0 Å². The lowest BCUT2D eigenvalue weighted by molar-refractivity contribution is 0.362. The van der Waals surface area contributed by atoms with Crippen LogP contribution in [-0.2, 0) is 0 Å². The first-order valence-corrected chi connectivity index (χ1v) is 5.46. The maximum Gasteiger partial charge on any atom is 0.338 e. The monoisotopic (exact) mass is 258 g/mol. The van der Waals surface area contributed by atoms with Crippen molar-refractivity contribution < 1.29 is 0 Å². The minimum Gasteiger partial charge on any atom is -0.311 e. The van der Waals surface area contributed by atoms with E-state index in [1.807, 2.05) is 0 Å². The third-order valence-corrected chi connectivity index (χ3v) is 2.46. The van der Waals surface area contributed by atoms with Crippen molar-refractivity contribution in [2.75, 3.05) is 0 Å². The third-order valence-electron chi connectivity index (χ3n) is 2.46. The standard InChI is InChI=1S/C9H18N6O3/c1-4(10)13-7(16)14(5(2)11)9(18)15(6(3)12)8(13)17/h4-6H,10-12H2,1-3H3. The van der Waals surface area contributed by atoms with E-state index in [4.69, 9.17) is 17.2 Å². The van der Waals surface area contributed by atoms with Crippen molar-refractivity contribution >= 4 is 0 Å². The molecule has 1 rings (SSSR count). The van der Waals surface area contributed by atoms with Crippen molar-refractivity contribution in [1.82, 2.24) is 13.7 Å². The molecular weight excluding hydrogens is 240 g/mol. The molecule has 18 heavy (non-hydrogen) atoms. The van der Waals surface area contributed by atoms with Crippen LogP contribution in [0.4, 0.5) is 0 Å². The van der Waals surface area contributed by atoms with Crippen LogP contribution in [0.3, 0.4) is 0 Å². The topological polar surface area (TPSA) is 144 Å². The predicted molar refractivity (Wildman–Crippen MR) is 65.9 cm³/mol. The van der Waals surface area contributed by atoms with Gasteiger partial charge in [-0.2, -0.15) is 0 Å². The third kappa shape index (κ3) is 2.15. The summed E-state index contributed by atoms with van der Waals surface area (Å²) in [6, 6.07) is 0. The Morgan fingerprint density at radius 1 is 0.667 bits per heavy atom. The second kappa shape index (κ2) is 4.88. The van der Waals surface area contributed by atoms with E-state index in [1.165, 1.54) is 20.8 Å². The number of hydrogen-bond donors (Lipinski definition) is 3. The van der Waals surface area contributed by atoms with E-state index in [2.05, 4.69) is 0 Å². The molecule has 0 aliphatic heterocycles. The quantitative estimate of drug-likeness (QED) is 0.551. The Hall–Kier alpha value is -1.71. The number of nitrogens with two attached hydrogens (primary N) is 3. The van der Waals surface area contributed by atoms with Crippen molar-refractivity contribution in [3.63, 3.8) is 0 Å². The molecule has 1 aromatic rings. The van der Waals surface area contributed by atoms with Crippen LogP contribution in [0.1, 0.15) is 39.3 Å². The maximum absolute atomic E-state index is 12.0. The molecule has 0 saturated carbocycles. The summed E-state index contributed by atoms with van der Waals surface area (Å²) < 4.78 is 2.23. The van der Waals surface area contributed by atoms with E-state index in [0.717, 1.165) is 13.7 Å². The van der Waals surface area contributed by atoms with Gasteiger partial charge in [0.25, 0.3) is 0 Å². The Morgan fingerprint density at radius 3 is 0.944 bits per heavy atom. The summed E-state index contributed by atoms with van der Waals surface area (Å²) in [5, 5.41) is 0. The van der Waals surface area contributed by atoms with E-state index in [1.54, 1.807) is 0 Å². The first kappa shape index (κ1) is 14.4. The molecule has 1 heterocycles. The van der Waals surface area contributed by atoms with Gasteiger partial charge in [0.15, 0.2) is 0 Å². The summed E-state index contributed by atoms with van der Waals surface area (Å²) in [4.78, 5) is 35.9. The zero-order valence-corrected chi connectivity index (χ0v) is 10.5. The zero-order valence-electron chi connectivity index (χ0n) is 10.5. The fourth-order valence-corrected chi connectivity index (χ4v) is 1.64. The lowest BCUT2D eigenvalue weighted by Crippen LogP contribution is -2.59. The first-order valence-electron chi connectivity index (χ1n) is 5.46. The fourth-order valence-electron chi connectivity index (χ4n) is 1.64. The second-order valence-electron chi connectivity index (χ2n) is 4.18. The molecule has 3 unspecified atom stereocenters. The summed E-state index contributed by atoms with van der Waals surface area (Å²) in [7, 11) is 0. The highest BCUT2D eigenvalue weighted by atomic mass is 16.2. The van der Waals surface area contributed by atoms with Crippen LogP contribution >= 0.6 is 0 Å². The number of hydrogen-bond acceptors (Lipinski definition) is 6. The van der Waals surface area contributed by atoms with Gasteiger partial charge in [0.1, 0.15) is 0 Å². The normalized spacial score (nSPS) is 16.3. The van der Waals surface area contributed by atoms with Crippen LogP contribution in [0.2, 0.25) is 0 Å². The molecule has 0 bridgehead atoms. The Morgan fingerprint density at radius 2 is 0.833 bits per heavy atom. The Labute approximate surface area is 102 Å². The molecule has 0 aliphatic carbocycles. The van der Waals surface area contributed by atoms with E-state index >= 15 is 0 Å². The molecule has 1 aromatic heterocycles. The largest absolute Gasteiger partial charge is 0.338 e. The number of nitrogens with zero attached hydrogens (tertiary/aromatic N) is 3. The van der Waals surface area contributed by atoms with Gasteiger partial charge < -0.3 is 17.2 Å². The minimum absolute atomic E-state index is 0.744. The van der Waals surface area contributed by atoms with Gasteiger partial charge in [-0.15, -0.1) is 0 Å². The van der Waals surface area contributed by atoms with Gasteiger partial charge in [-0.25, -0.2) is 28.1 Å². The lowest BCUT2D eigenvalue weighted by atomic mass is 10.5. The average molecular weight is 258 g/mol. The first-order chi connectivity index (χ1) is 8.20. The van der Waals surface area contributed by atoms with Gasteiger partial charge in [-0.05, 0) is 20.8 Å². The van der Waals surface area contributed by atoms with E-state index in [0.29, 0.717) is 0 Å². The Bertz CT molecular complexity index is 490. The van der Waals surface area contributed by atoms with Crippen LogP contribution in [-0.4, -0.2) is 13.7 Å². The van der Waals surface area contributed by atoms with Gasteiger partial charge in [0.2, 0.25) is 0 Å². The Kier molecular flexibility index (Phi) is 3.89. The van der Waals surface area contributed by atoms with Crippen LogP contribution in [0.25, 0.3) is 0 Å². The smallest absolute Gasteiger partial charge is 0.311 e.